The molecule has 1 atom stereocenters. The summed E-state index contributed by atoms with van der Waals surface area (Å²) in [5.74, 6) is 0.00685. The third kappa shape index (κ3) is 4.95. The number of rotatable bonds is 8. The highest BCUT2D eigenvalue weighted by molar-refractivity contribution is 5.83. The van der Waals surface area contributed by atoms with Gasteiger partial charge in [0.25, 0.3) is 5.91 Å². The van der Waals surface area contributed by atoms with Crippen LogP contribution in [-0.4, -0.2) is 39.5 Å². The van der Waals surface area contributed by atoms with E-state index < -0.39 is 6.10 Å². The summed E-state index contributed by atoms with van der Waals surface area (Å²) in [6, 6.07) is 12.1. The number of para-hydroxylation sites is 1. The number of aromatic amines is 1. The molecule has 0 saturated heterocycles. The van der Waals surface area contributed by atoms with Crippen LogP contribution in [0.1, 0.15) is 31.9 Å². The number of fused-ring (bicyclic) bond motifs is 1. The Morgan fingerprint density at radius 2 is 2.00 bits per heavy atom. The lowest BCUT2D eigenvalue weighted by Crippen LogP contribution is -2.40. The average molecular weight is 365 g/mol. The van der Waals surface area contributed by atoms with Gasteiger partial charge in [0.2, 0.25) is 0 Å². The zero-order valence-corrected chi connectivity index (χ0v) is 16.2. The monoisotopic (exact) mass is 365 g/mol. The lowest BCUT2D eigenvalue weighted by atomic mass is 10.1. The number of nitrogens with one attached hydrogen (secondary N) is 1. The summed E-state index contributed by atoms with van der Waals surface area (Å²) in [5, 5.41) is 1.21. The minimum absolute atomic E-state index is 0.00685. The number of H-pyrrole nitrogens is 1. The Morgan fingerprint density at radius 1 is 1.19 bits per heavy atom. The van der Waals surface area contributed by atoms with E-state index in [4.69, 9.17) is 4.74 Å². The Bertz CT molecular complexity index is 873. The van der Waals surface area contributed by atoms with Gasteiger partial charge in [-0.2, -0.15) is 0 Å². The van der Waals surface area contributed by atoms with Gasteiger partial charge in [-0.3, -0.25) is 9.78 Å². The zero-order valence-electron chi connectivity index (χ0n) is 16.2. The van der Waals surface area contributed by atoms with E-state index >= 15 is 0 Å². The van der Waals surface area contributed by atoms with Crippen LogP contribution >= 0.6 is 0 Å². The van der Waals surface area contributed by atoms with Crippen molar-refractivity contribution in [3.8, 4) is 0 Å². The number of carbonyl (C=O) groups is 1. The second kappa shape index (κ2) is 8.82. The third-order valence-electron chi connectivity index (χ3n) is 4.56. The largest absolute Gasteiger partial charge is 0.366 e. The highest BCUT2D eigenvalue weighted by Crippen LogP contribution is 2.19. The Morgan fingerprint density at radius 3 is 2.74 bits per heavy atom. The van der Waals surface area contributed by atoms with E-state index in [-0.39, 0.29) is 12.0 Å². The number of carbonyl (C=O) groups excluding carboxylic acids is 1. The van der Waals surface area contributed by atoms with E-state index in [2.05, 4.69) is 22.1 Å². The number of hydrogen-bond donors (Lipinski definition) is 1. The van der Waals surface area contributed by atoms with Crippen LogP contribution in [-0.2, 0) is 22.5 Å². The van der Waals surface area contributed by atoms with Gasteiger partial charge in [0.1, 0.15) is 6.10 Å². The van der Waals surface area contributed by atoms with Crippen LogP contribution in [0.25, 0.3) is 10.9 Å². The van der Waals surface area contributed by atoms with Crippen LogP contribution in [0.15, 0.2) is 55.0 Å². The van der Waals surface area contributed by atoms with Gasteiger partial charge in [0.05, 0.1) is 6.10 Å². The molecule has 0 fully saturated rings. The fraction of sp³-hybridized carbons (Fsp3) is 0.364. The maximum Gasteiger partial charge on any atom is 0.251 e. The molecule has 0 radical (unpaired) electrons. The first kappa shape index (κ1) is 19.1. The summed E-state index contributed by atoms with van der Waals surface area (Å²) in [4.78, 5) is 22.3. The molecule has 0 saturated carbocycles. The van der Waals surface area contributed by atoms with Crippen molar-refractivity contribution in [1.29, 1.82) is 0 Å². The second-order valence-corrected chi connectivity index (χ2v) is 7.06. The van der Waals surface area contributed by atoms with Crippen molar-refractivity contribution in [2.75, 3.05) is 6.54 Å². The summed E-state index contributed by atoms with van der Waals surface area (Å²) < 4.78 is 5.72. The molecule has 2 aromatic heterocycles. The Balaban J connectivity index is 1.75. The van der Waals surface area contributed by atoms with E-state index in [0.717, 1.165) is 17.5 Å². The standard InChI is InChI=1S/C22H27N3O2/c1-16(2)27-17(3)22(26)25(15-18-7-6-11-23-13-18)12-10-19-14-24-21-9-5-4-8-20(19)21/h4-9,11,13-14,16-17,24H,10,12,15H2,1-3H3/t17-/m0/s1. The van der Waals surface area contributed by atoms with Gasteiger partial charge in [-0.05, 0) is 50.5 Å². The van der Waals surface area contributed by atoms with Crippen molar-refractivity contribution in [3.05, 3.63) is 66.1 Å². The first-order chi connectivity index (χ1) is 13.0. The van der Waals surface area contributed by atoms with Crippen molar-refractivity contribution in [2.45, 2.75) is 45.9 Å². The molecular weight excluding hydrogens is 338 g/mol. The molecule has 0 aliphatic heterocycles. The maximum atomic E-state index is 13.0. The van der Waals surface area contributed by atoms with Gasteiger partial charge in [-0.1, -0.05) is 24.3 Å². The molecule has 0 spiro atoms. The van der Waals surface area contributed by atoms with Crippen molar-refractivity contribution in [2.24, 2.45) is 0 Å². The number of ether oxygens (including phenoxy) is 1. The predicted octanol–water partition coefficient (Wildman–Crippen LogP) is 3.95. The average Bonchev–Trinajstić information content (AvgIpc) is 3.08. The van der Waals surface area contributed by atoms with Crippen LogP contribution in [0.4, 0.5) is 0 Å². The topological polar surface area (TPSA) is 58.2 Å². The lowest BCUT2D eigenvalue weighted by molar-refractivity contribution is -0.145. The summed E-state index contributed by atoms with van der Waals surface area (Å²) in [5.41, 5.74) is 3.35. The molecule has 27 heavy (non-hydrogen) atoms. The maximum absolute atomic E-state index is 13.0. The van der Waals surface area contributed by atoms with E-state index in [1.807, 2.05) is 56.1 Å². The predicted molar refractivity (Wildman–Crippen MR) is 107 cm³/mol. The molecule has 1 aromatic carbocycles. The molecule has 1 N–H and O–H groups in total. The van der Waals surface area contributed by atoms with Gasteiger partial charge in [-0.25, -0.2) is 0 Å². The lowest BCUT2D eigenvalue weighted by Gasteiger charge is -2.27. The fourth-order valence-electron chi connectivity index (χ4n) is 3.30. The molecule has 0 aliphatic rings. The van der Waals surface area contributed by atoms with E-state index in [1.54, 1.807) is 12.4 Å². The van der Waals surface area contributed by atoms with Gasteiger partial charge in [0, 0.05) is 42.6 Å². The van der Waals surface area contributed by atoms with Crippen molar-refractivity contribution in [1.82, 2.24) is 14.9 Å². The number of amides is 1. The quantitative estimate of drug-likeness (QED) is 0.658. The van der Waals surface area contributed by atoms with Crippen LogP contribution in [0.5, 0.6) is 0 Å². The molecule has 0 unspecified atom stereocenters. The van der Waals surface area contributed by atoms with Gasteiger partial charge in [0.15, 0.2) is 0 Å². The molecular formula is C22H27N3O2. The molecule has 2 heterocycles. The molecule has 3 rings (SSSR count). The van der Waals surface area contributed by atoms with Crippen molar-refractivity contribution < 1.29 is 9.53 Å². The number of nitrogens with zero attached hydrogens (tertiary/aromatic N) is 2. The molecule has 5 nitrogen and oxygen atoms in total. The first-order valence-corrected chi connectivity index (χ1v) is 9.42. The van der Waals surface area contributed by atoms with E-state index in [9.17, 15) is 4.79 Å². The van der Waals surface area contributed by atoms with Crippen LogP contribution in [0, 0.1) is 0 Å². The number of pyridine rings is 1. The fourth-order valence-corrected chi connectivity index (χ4v) is 3.30. The second-order valence-electron chi connectivity index (χ2n) is 7.06. The summed E-state index contributed by atoms with van der Waals surface area (Å²) in [6.45, 7) is 6.87. The van der Waals surface area contributed by atoms with Crippen LogP contribution in [0.2, 0.25) is 0 Å². The molecule has 0 bridgehead atoms. The minimum Gasteiger partial charge on any atom is -0.366 e. The SMILES string of the molecule is CC(C)O[C@@H](C)C(=O)N(CCc1c[nH]c2ccccc12)Cc1cccnc1. The highest BCUT2D eigenvalue weighted by atomic mass is 16.5. The van der Waals surface area contributed by atoms with Crippen LogP contribution < -0.4 is 0 Å². The summed E-state index contributed by atoms with van der Waals surface area (Å²) in [7, 11) is 0. The Labute approximate surface area is 160 Å². The molecule has 142 valence electrons. The molecule has 1 amide bonds. The highest BCUT2D eigenvalue weighted by Gasteiger charge is 2.22. The van der Waals surface area contributed by atoms with Gasteiger partial charge in [-0.15, -0.1) is 0 Å². The van der Waals surface area contributed by atoms with E-state index in [0.29, 0.717) is 13.1 Å². The van der Waals surface area contributed by atoms with Crippen LogP contribution in [0.3, 0.4) is 0 Å². The Hall–Kier alpha value is -2.66. The van der Waals surface area contributed by atoms with Gasteiger partial charge >= 0.3 is 0 Å². The van der Waals surface area contributed by atoms with Crippen molar-refractivity contribution >= 4 is 16.8 Å². The van der Waals surface area contributed by atoms with E-state index in [1.165, 1.54) is 10.9 Å². The smallest absolute Gasteiger partial charge is 0.251 e. The minimum atomic E-state index is -0.468. The Kier molecular flexibility index (Phi) is 6.24. The summed E-state index contributed by atoms with van der Waals surface area (Å²) in [6.07, 6.45) is 5.91. The molecule has 0 aliphatic carbocycles. The summed E-state index contributed by atoms with van der Waals surface area (Å²) >= 11 is 0. The first-order valence-electron chi connectivity index (χ1n) is 9.42. The zero-order chi connectivity index (χ0) is 19.2. The van der Waals surface area contributed by atoms with Crippen molar-refractivity contribution in [3.63, 3.8) is 0 Å². The number of hydrogen-bond acceptors (Lipinski definition) is 3. The molecule has 5 heteroatoms. The number of benzene rings is 1. The molecule has 3 aromatic rings. The number of aromatic nitrogens is 2. The normalized spacial score (nSPS) is 12.4. The van der Waals surface area contributed by atoms with Gasteiger partial charge < -0.3 is 14.6 Å². The third-order valence-corrected chi connectivity index (χ3v) is 4.56.